The van der Waals surface area contributed by atoms with Gasteiger partial charge in [-0.1, -0.05) is 25.3 Å². The van der Waals surface area contributed by atoms with E-state index < -0.39 is 5.25 Å². The first kappa shape index (κ1) is 17.1. The van der Waals surface area contributed by atoms with Gasteiger partial charge in [-0.15, -0.1) is 5.10 Å². The summed E-state index contributed by atoms with van der Waals surface area (Å²) in [5.74, 6) is -0.152. The second-order valence-electron chi connectivity index (χ2n) is 5.19. The van der Waals surface area contributed by atoms with Crippen LogP contribution in [-0.4, -0.2) is 16.4 Å². The molecule has 3 rings (SSSR count). The van der Waals surface area contributed by atoms with Crippen LogP contribution in [0.2, 0.25) is 0 Å². The van der Waals surface area contributed by atoms with Crippen molar-refractivity contribution in [3.05, 3.63) is 53.0 Å². The molecule has 0 fully saturated rings. The number of thioether (sulfide) groups is 1. The van der Waals surface area contributed by atoms with Crippen LogP contribution < -0.4 is 21.4 Å². The van der Waals surface area contributed by atoms with E-state index in [0.717, 1.165) is 0 Å². The maximum atomic E-state index is 12.9. The van der Waals surface area contributed by atoms with E-state index in [2.05, 4.69) is 22.4 Å². The highest BCUT2D eigenvalue weighted by Gasteiger charge is 2.24. The lowest BCUT2D eigenvalue weighted by molar-refractivity contribution is -0.115. The zero-order chi connectivity index (χ0) is 17.8. The van der Waals surface area contributed by atoms with E-state index in [1.54, 1.807) is 6.07 Å². The maximum Gasteiger partial charge on any atom is 0.275 e. The average molecular weight is 361 g/mol. The molecular weight excluding hydrogens is 345 g/mol. The Labute approximate surface area is 147 Å². The van der Waals surface area contributed by atoms with Gasteiger partial charge in [-0.2, -0.15) is 0 Å². The van der Waals surface area contributed by atoms with Crippen molar-refractivity contribution in [2.45, 2.75) is 18.6 Å². The van der Waals surface area contributed by atoms with Gasteiger partial charge in [-0.3, -0.25) is 4.79 Å². The minimum Gasteiger partial charge on any atom is -0.465 e. The number of benzene rings is 1. The molecule has 0 radical (unpaired) electrons. The molecule has 0 aliphatic carbocycles. The highest BCUT2D eigenvalue weighted by atomic mass is 32.2. The largest absolute Gasteiger partial charge is 0.465 e. The van der Waals surface area contributed by atoms with Gasteiger partial charge in [-0.25, -0.2) is 9.82 Å². The molecule has 1 unspecified atom stereocenters. The smallest absolute Gasteiger partial charge is 0.275 e. The Morgan fingerprint density at radius 2 is 2.16 bits per heavy atom. The van der Waals surface area contributed by atoms with Crippen molar-refractivity contribution < 1.29 is 18.3 Å². The molecule has 1 aliphatic rings. The van der Waals surface area contributed by atoms with E-state index in [0.29, 0.717) is 33.9 Å². The Bertz CT molecular complexity index is 908. The summed E-state index contributed by atoms with van der Waals surface area (Å²) < 4.78 is 23.7. The van der Waals surface area contributed by atoms with E-state index in [-0.39, 0.29) is 11.7 Å². The van der Waals surface area contributed by atoms with Gasteiger partial charge in [0.15, 0.2) is 0 Å². The number of halogens is 1. The van der Waals surface area contributed by atoms with Gasteiger partial charge < -0.3 is 14.5 Å². The van der Waals surface area contributed by atoms with Crippen LogP contribution in [0.4, 0.5) is 10.1 Å². The van der Waals surface area contributed by atoms with Crippen LogP contribution >= 0.6 is 11.8 Å². The Balaban J connectivity index is 1.65. The number of nitrogens with one attached hydrogen (secondary N) is 2. The molecule has 0 saturated heterocycles. The molecule has 6 nitrogen and oxygen atoms in total. The summed E-state index contributed by atoms with van der Waals surface area (Å²) in [7, 11) is 0. The molecule has 2 N–H and O–H groups in total. The SMILES string of the molecule is C=c1occc1=C1NN=C(SC(CC)C(=O)Nc2ccc(F)cc2)O1. The van der Waals surface area contributed by atoms with E-state index in [9.17, 15) is 9.18 Å². The monoisotopic (exact) mass is 361 g/mol. The maximum absolute atomic E-state index is 12.9. The Kier molecular flexibility index (Phi) is 5.08. The molecule has 1 amide bonds. The molecule has 0 bridgehead atoms. The number of amides is 1. The number of nitrogens with zero attached hydrogens (tertiary/aromatic N) is 1. The second kappa shape index (κ2) is 7.43. The predicted molar refractivity (Wildman–Crippen MR) is 95.2 cm³/mol. The van der Waals surface area contributed by atoms with Crippen molar-refractivity contribution in [3.8, 4) is 0 Å². The van der Waals surface area contributed by atoms with Gasteiger partial charge in [0.05, 0.1) is 16.7 Å². The van der Waals surface area contributed by atoms with Crippen LogP contribution in [0.25, 0.3) is 12.5 Å². The number of furan rings is 1. The van der Waals surface area contributed by atoms with Gasteiger partial charge in [0.25, 0.3) is 5.23 Å². The fourth-order valence-electron chi connectivity index (χ4n) is 2.14. The molecule has 130 valence electrons. The van der Waals surface area contributed by atoms with Gasteiger partial charge in [-0.05, 0) is 36.8 Å². The predicted octanol–water partition coefficient (Wildman–Crippen LogP) is 1.94. The van der Waals surface area contributed by atoms with Crippen LogP contribution in [0.5, 0.6) is 0 Å². The topological polar surface area (TPSA) is 75.9 Å². The number of rotatable bonds is 4. The average Bonchev–Trinajstić information content (AvgIpc) is 3.23. The first-order chi connectivity index (χ1) is 12.1. The summed E-state index contributed by atoms with van der Waals surface area (Å²) in [5, 5.41) is 7.42. The lowest BCUT2D eigenvalue weighted by Crippen LogP contribution is -2.26. The van der Waals surface area contributed by atoms with Crippen molar-refractivity contribution >= 4 is 41.0 Å². The molecule has 2 aromatic rings. The van der Waals surface area contributed by atoms with Gasteiger partial charge in [0, 0.05) is 5.69 Å². The summed E-state index contributed by atoms with van der Waals surface area (Å²) in [6.45, 7) is 5.64. The van der Waals surface area contributed by atoms with Gasteiger partial charge in [0.2, 0.25) is 11.8 Å². The van der Waals surface area contributed by atoms with Crippen molar-refractivity contribution in [1.29, 1.82) is 0 Å². The normalized spacial score (nSPS) is 16.6. The number of hydrazone groups is 1. The Morgan fingerprint density at radius 3 is 2.80 bits per heavy atom. The Morgan fingerprint density at radius 1 is 1.40 bits per heavy atom. The molecule has 1 aromatic heterocycles. The lowest BCUT2D eigenvalue weighted by Gasteiger charge is -2.13. The summed E-state index contributed by atoms with van der Waals surface area (Å²) in [6.07, 6.45) is 2.08. The number of anilines is 1. The first-order valence-corrected chi connectivity index (χ1v) is 8.46. The summed E-state index contributed by atoms with van der Waals surface area (Å²) in [4.78, 5) is 12.4. The molecule has 1 aromatic carbocycles. The second-order valence-corrected chi connectivity index (χ2v) is 6.34. The van der Waals surface area contributed by atoms with Crippen LogP contribution in [0.3, 0.4) is 0 Å². The third-order valence-corrected chi connectivity index (χ3v) is 4.65. The first-order valence-electron chi connectivity index (χ1n) is 7.58. The summed E-state index contributed by atoms with van der Waals surface area (Å²) in [6, 6.07) is 7.32. The number of carbonyl (C=O) groups is 1. The van der Waals surface area contributed by atoms with Crippen molar-refractivity contribution in [1.82, 2.24) is 5.43 Å². The Hall–Kier alpha value is -2.74. The fourth-order valence-corrected chi connectivity index (χ4v) is 2.94. The molecule has 2 heterocycles. The third kappa shape index (κ3) is 4.03. The number of ether oxygens (including phenoxy) is 1. The summed E-state index contributed by atoms with van der Waals surface area (Å²) >= 11 is 1.20. The van der Waals surface area contributed by atoms with E-state index >= 15 is 0 Å². The zero-order valence-electron chi connectivity index (χ0n) is 13.4. The molecule has 1 atom stereocenters. The molecule has 25 heavy (non-hydrogen) atoms. The molecule has 1 aliphatic heterocycles. The van der Waals surface area contributed by atoms with Crippen molar-refractivity contribution in [2.24, 2.45) is 5.10 Å². The van der Waals surface area contributed by atoms with E-state index in [1.165, 1.54) is 42.3 Å². The van der Waals surface area contributed by atoms with Crippen LogP contribution in [0.15, 0.2) is 46.1 Å². The fraction of sp³-hybridized carbons (Fsp3) is 0.176. The van der Waals surface area contributed by atoms with Crippen LogP contribution in [0, 0.1) is 5.82 Å². The van der Waals surface area contributed by atoms with Gasteiger partial charge >= 0.3 is 0 Å². The molecular formula is C17H16FN3O3S. The minimum atomic E-state index is -0.409. The van der Waals surface area contributed by atoms with Crippen molar-refractivity contribution in [2.75, 3.05) is 5.32 Å². The standard InChI is InChI=1S/C17H16FN3O3S/c1-3-14(15(22)19-12-6-4-11(18)5-7-12)25-17-21-20-16(24-17)13-8-9-23-10(13)2/h4-9,14,20H,2-3H2,1H3,(H,19,22). The number of carbonyl (C=O) groups excluding carboxylic acids is 1. The quantitative estimate of drug-likeness (QED) is 0.870. The minimum absolute atomic E-state index is 0.208. The highest BCUT2D eigenvalue weighted by molar-refractivity contribution is 8.14. The van der Waals surface area contributed by atoms with Gasteiger partial charge in [0.1, 0.15) is 11.2 Å². The summed E-state index contributed by atoms with van der Waals surface area (Å²) in [5.41, 5.74) is 3.76. The third-order valence-electron chi connectivity index (χ3n) is 3.45. The molecule has 0 saturated carbocycles. The molecule has 0 spiro atoms. The highest BCUT2D eigenvalue weighted by Crippen LogP contribution is 2.23. The van der Waals surface area contributed by atoms with Crippen LogP contribution in [0.1, 0.15) is 13.3 Å². The number of hydrogen-bond acceptors (Lipinski definition) is 6. The van der Waals surface area contributed by atoms with E-state index in [4.69, 9.17) is 9.15 Å². The zero-order valence-corrected chi connectivity index (χ0v) is 14.2. The van der Waals surface area contributed by atoms with Crippen LogP contribution in [-0.2, 0) is 9.53 Å². The molecule has 8 heteroatoms. The van der Waals surface area contributed by atoms with E-state index in [1.807, 2.05) is 6.92 Å². The number of hydrogen-bond donors (Lipinski definition) is 2. The van der Waals surface area contributed by atoms with Crippen molar-refractivity contribution in [3.63, 3.8) is 0 Å². The lowest BCUT2D eigenvalue weighted by atomic mass is 10.2.